The van der Waals surface area contributed by atoms with E-state index in [0.29, 0.717) is 17.4 Å². The maximum absolute atomic E-state index is 5.61. The van der Waals surface area contributed by atoms with Crippen molar-refractivity contribution < 1.29 is 14.2 Å². The van der Waals surface area contributed by atoms with Gasteiger partial charge in [-0.15, -0.1) is 0 Å². The highest BCUT2D eigenvalue weighted by molar-refractivity contribution is 5.68. The third-order valence-corrected chi connectivity index (χ3v) is 6.93. The summed E-state index contributed by atoms with van der Waals surface area (Å²) in [7, 11) is 4.94. The van der Waals surface area contributed by atoms with E-state index in [-0.39, 0.29) is 12.1 Å². The highest BCUT2D eigenvalue weighted by Crippen LogP contribution is 2.42. The van der Waals surface area contributed by atoms with Crippen molar-refractivity contribution in [3.63, 3.8) is 0 Å². The summed E-state index contributed by atoms with van der Waals surface area (Å²) in [6, 6.07) is 24.0. The standard InChI is InChI=1S/C29H28N6O3/c1-36-22-12-9-19(10-13-22)24-16-25(35-29(32-24)30-18-31-35)23-17-34(21-7-5-4-6-8-21)33-28(23)20-11-14-26(37-2)27(15-20)38-3/h4-15,17-18,24-25H,16H2,1-3H3,(H,30,31,32)/t24-,25-/m1/s1. The summed E-state index contributed by atoms with van der Waals surface area (Å²) in [5.41, 5.74) is 4.92. The van der Waals surface area contributed by atoms with Crippen LogP contribution >= 0.6 is 0 Å². The third kappa shape index (κ3) is 4.21. The van der Waals surface area contributed by atoms with Crippen LogP contribution in [0.2, 0.25) is 0 Å². The van der Waals surface area contributed by atoms with Crippen LogP contribution in [0.3, 0.4) is 0 Å². The second kappa shape index (κ2) is 9.93. The zero-order valence-electron chi connectivity index (χ0n) is 21.4. The summed E-state index contributed by atoms with van der Waals surface area (Å²) >= 11 is 0. The van der Waals surface area contributed by atoms with E-state index in [1.54, 1.807) is 27.7 Å². The molecule has 0 saturated heterocycles. The number of methoxy groups -OCH3 is 3. The molecule has 9 nitrogen and oxygen atoms in total. The molecule has 0 fully saturated rings. The van der Waals surface area contributed by atoms with Gasteiger partial charge in [0.2, 0.25) is 5.95 Å². The molecule has 2 atom stereocenters. The first kappa shape index (κ1) is 23.6. The molecule has 5 aromatic rings. The van der Waals surface area contributed by atoms with Crippen molar-refractivity contribution in [2.24, 2.45) is 0 Å². The van der Waals surface area contributed by atoms with Gasteiger partial charge in [-0.25, -0.2) is 9.36 Å². The van der Waals surface area contributed by atoms with E-state index in [9.17, 15) is 0 Å². The van der Waals surface area contributed by atoms with Gasteiger partial charge in [-0.05, 0) is 54.4 Å². The van der Waals surface area contributed by atoms with Crippen molar-refractivity contribution in [2.75, 3.05) is 26.6 Å². The number of fused-ring (bicyclic) bond motifs is 1. The van der Waals surface area contributed by atoms with Crippen molar-refractivity contribution in [2.45, 2.75) is 18.5 Å². The van der Waals surface area contributed by atoms with Gasteiger partial charge in [0.15, 0.2) is 11.5 Å². The Labute approximate surface area is 220 Å². The molecule has 0 amide bonds. The summed E-state index contributed by atoms with van der Waals surface area (Å²) in [5.74, 6) is 2.85. The molecular weight excluding hydrogens is 480 g/mol. The fourth-order valence-corrected chi connectivity index (χ4v) is 4.99. The SMILES string of the molecule is COc1ccc([C@H]2C[C@H](c3cn(-c4ccccc4)nc3-c3ccc(OC)c(OC)c3)n3ncnc3N2)cc1. The second-order valence-corrected chi connectivity index (χ2v) is 9.03. The molecule has 0 spiro atoms. The normalized spacial score (nSPS) is 16.4. The summed E-state index contributed by atoms with van der Waals surface area (Å²) in [5, 5.41) is 13.2. The lowest BCUT2D eigenvalue weighted by Crippen LogP contribution is -2.28. The number of rotatable bonds is 7. The molecule has 0 unspecified atom stereocenters. The molecule has 1 N–H and O–H groups in total. The van der Waals surface area contributed by atoms with Crippen molar-refractivity contribution >= 4 is 5.95 Å². The van der Waals surface area contributed by atoms with Gasteiger partial charge >= 0.3 is 0 Å². The van der Waals surface area contributed by atoms with E-state index in [4.69, 9.17) is 19.3 Å². The van der Waals surface area contributed by atoms with Crippen LogP contribution in [0.25, 0.3) is 16.9 Å². The molecule has 38 heavy (non-hydrogen) atoms. The number of hydrogen-bond acceptors (Lipinski definition) is 7. The first-order chi connectivity index (χ1) is 18.7. The Balaban J connectivity index is 1.48. The molecule has 6 rings (SSSR count). The summed E-state index contributed by atoms with van der Waals surface area (Å²) < 4.78 is 20.3. The van der Waals surface area contributed by atoms with Crippen LogP contribution in [-0.2, 0) is 0 Å². The minimum atomic E-state index is -0.110. The van der Waals surface area contributed by atoms with Gasteiger partial charge in [-0.1, -0.05) is 30.3 Å². The molecule has 0 aliphatic carbocycles. The van der Waals surface area contributed by atoms with E-state index in [0.717, 1.165) is 40.2 Å². The minimum absolute atomic E-state index is 0.0286. The minimum Gasteiger partial charge on any atom is -0.497 e. The Hall–Kier alpha value is -4.79. The van der Waals surface area contributed by atoms with Crippen molar-refractivity contribution in [1.82, 2.24) is 24.5 Å². The van der Waals surface area contributed by atoms with Crippen LogP contribution in [0.4, 0.5) is 5.95 Å². The Morgan fingerprint density at radius 2 is 1.66 bits per heavy atom. The molecule has 0 saturated carbocycles. The zero-order valence-corrected chi connectivity index (χ0v) is 21.4. The predicted octanol–water partition coefficient (Wildman–Crippen LogP) is 5.30. The van der Waals surface area contributed by atoms with Gasteiger partial charge in [0.25, 0.3) is 0 Å². The summed E-state index contributed by atoms with van der Waals surface area (Å²) in [6.45, 7) is 0. The lowest BCUT2D eigenvalue weighted by atomic mass is 9.92. The number of nitrogens with one attached hydrogen (secondary N) is 1. The van der Waals surface area contributed by atoms with E-state index in [1.165, 1.54) is 0 Å². The topological polar surface area (TPSA) is 88.2 Å². The van der Waals surface area contributed by atoms with Gasteiger partial charge in [0.1, 0.15) is 12.1 Å². The predicted molar refractivity (Wildman–Crippen MR) is 144 cm³/mol. The van der Waals surface area contributed by atoms with Gasteiger partial charge in [0, 0.05) is 17.3 Å². The third-order valence-electron chi connectivity index (χ3n) is 6.93. The van der Waals surface area contributed by atoms with E-state index < -0.39 is 0 Å². The van der Waals surface area contributed by atoms with Crippen LogP contribution < -0.4 is 19.5 Å². The van der Waals surface area contributed by atoms with Gasteiger partial charge in [0.05, 0.1) is 44.8 Å². The molecule has 1 aliphatic rings. The van der Waals surface area contributed by atoms with Crippen molar-refractivity contribution in [1.29, 1.82) is 0 Å². The van der Waals surface area contributed by atoms with Crippen molar-refractivity contribution in [3.05, 3.63) is 96.4 Å². The quantitative estimate of drug-likeness (QED) is 0.319. The smallest absolute Gasteiger partial charge is 0.222 e. The van der Waals surface area contributed by atoms with Crippen LogP contribution in [-0.4, -0.2) is 45.9 Å². The highest BCUT2D eigenvalue weighted by Gasteiger charge is 2.33. The first-order valence-corrected chi connectivity index (χ1v) is 12.4. The van der Waals surface area contributed by atoms with Crippen LogP contribution in [0.15, 0.2) is 85.3 Å². The summed E-state index contributed by atoms with van der Waals surface area (Å²) in [6.07, 6.45) is 4.43. The molecule has 0 bridgehead atoms. The molecule has 3 aromatic carbocycles. The molecule has 3 heterocycles. The maximum Gasteiger partial charge on any atom is 0.222 e. The lowest BCUT2D eigenvalue weighted by molar-refractivity contribution is 0.355. The first-order valence-electron chi connectivity index (χ1n) is 12.4. The highest BCUT2D eigenvalue weighted by atomic mass is 16.5. The maximum atomic E-state index is 5.61. The van der Waals surface area contributed by atoms with Gasteiger partial charge < -0.3 is 19.5 Å². The Morgan fingerprint density at radius 1 is 0.868 bits per heavy atom. The number of hydrogen-bond donors (Lipinski definition) is 1. The Bertz CT molecular complexity index is 1540. The molecule has 9 heteroatoms. The molecular formula is C29H28N6O3. The lowest BCUT2D eigenvalue weighted by Gasteiger charge is -2.31. The number of ether oxygens (including phenoxy) is 3. The number of nitrogens with zero attached hydrogens (tertiary/aromatic N) is 5. The second-order valence-electron chi connectivity index (χ2n) is 9.03. The van der Waals surface area contributed by atoms with Crippen molar-refractivity contribution in [3.8, 4) is 34.2 Å². The molecule has 1 aliphatic heterocycles. The monoisotopic (exact) mass is 508 g/mol. The van der Waals surface area contributed by atoms with E-state index >= 15 is 0 Å². The van der Waals surface area contributed by atoms with Crippen LogP contribution in [0.5, 0.6) is 17.2 Å². The average Bonchev–Trinajstić information content (AvgIpc) is 3.65. The average molecular weight is 509 g/mol. The van der Waals surface area contributed by atoms with Gasteiger partial charge in [-0.3, -0.25) is 0 Å². The zero-order chi connectivity index (χ0) is 26.1. The van der Waals surface area contributed by atoms with Gasteiger partial charge in [-0.2, -0.15) is 15.2 Å². The fraction of sp³-hybridized carbons (Fsp3) is 0.207. The largest absolute Gasteiger partial charge is 0.497 e. The number of anilines is 1. The van der Waals surface area contributed by atoms with E-state index in [2.05, 4.69) is 33.7 Å². The Kier molecular flexibility index (Phi) is 6.17. The molecule has 0 radical (unpaired) electrons. The molecule has 2 aromatic heterocycles. The molecule has 192 valence electrons. The fourth-order valence-electron chi connectivity index (χ4n) is 4.99. The number of para-hydroxylation sites is 1. The Morgan fingerprint density at radius 3 is 2.39 bits per heavy atom. The van der Waals surface area contributed by atoms with Crippen LogP contribution in [0, 0.1) is 0 Å². The summed E-state index contributed by atoms with van der Waals surface area (Å²) in [4.78, 5) is 4.51. The van der Waals surface area contributed by atoms with Crippen LogP contribution in [0.1, 0.15) is 29.6 Å². The van der Waals surface area contributed by atoms with E-state index in [1.807, 2.05) is 70.0 Å². The number of aromatic nitrogens is 5. The number of benzene rings is 3.